The third kappa shape index (κ3) is 2.92. The number of carbonyl (C=O) groups is 2. The van der Waals surface area contributed by atoms with Gasteiger partial charge < -0.3 is 5.11 Å². The van der Waals surface area contributed by atoms with E-state index in [4.69, 9.17) is 4.84 Å². The standard InChI is InChI=1S/C29H36F3NO4S/c1-26-6-5-18(34)10-21(26)22(31)11-20-19-9-17-13-33(23-8-15-3-4-16(23)7-15)37-29(17,25(36)38-14-30)27(19,2)12-24(35)28(20,26)32/h5-6,10,15-17,19-20,22-24,35H,3-4,7-9,11-14H2,1-2H3/t15?,16?,17-,19-,20-,22-,23?,24-,26-,27-,28-,29-/m0/s1. The van der Waals surface area contributed by atoms with E-state index in [1.165, 1.54) is 31.1 Å². The van der Waals surface area contributed by atoms with Crippen molar-refractivity contribution >= 4 is 22.7 Å². The van der Waals surface area contributed by atoms with Crippen LogP contribution in [0.2, 0.25) is 0 Å². The molecule has 0 radical (unpaired) electrons. The van der Waals surface area contributed by atoms with Crippen molar-refractivity contribution in [3.8, 4) is 0 Å². The van der Waals surface area contributed by atoms with Crippen molar-refractivity contribution in [2.24, 2.45) is 40.4 Å². The minimum Gasteiger partial charge on any atom is -0.390 e. The highest BCUT2D eigenvalue weighted by molar-refractivity contribution is 8.13. The summed E-state index contributed by atoms with van der Waals surface area (Å²) in [5.74, 6) is -0.782. The van der Waals surface area contributed by atoms with Crippen LogP contribution >= 0.6 is 11.8 Å². The molecule has 1 aliphatic heterocycles. The van der Waals surface area contributed by atoms with Crippen LogP contribution in [0.5, 0.6) is 0 Å². The van der Waals surface area contributed by atoms with E-state index < -0.39 is 57.3 Å². The fourth-order valence-corrected chi connectivity index (χ4v) is 11.3. The normalized spacial score (nSPS) is 54.9. The first kappa shape index (κ1) is 25.8. The van der Waals surface area contributed by atoms with Gasteiger partial charge in [-0.2, -0.15) is 5.06 Å². The van der Waals surface area contributed by atoms with Gasteiger partial charge in [0.1, 0.15) is 12.2 Å². The molecular formula is C29H36F3NO4S. The zero-order chi connectivity index (χ0) is 26.8. The largest absolute Gasteiger partial charge is 0.390 e. The highest BCUT2D eigenvalue weighted by atomic mass is 32.2. The van der Waals surface area contributed by atoms with Crippen molar-refractivity contribution in [1.29, 1.82) is 0 Å². The van der Waals surface area contributed by atoms with Crippen LogP contribution in [0.4, 0.5) is 13.2 Å². The molecule has 0 spiro atoms. The molecule has 0 aromatic heterocycles. The third-order valence-electron chi connectivity index (χ3n) is 12.2. The van der Waals surface area contributed by atoms with E-state index in [0.29, 0.717) is 36.6 Å². The lowest BCUT2D eigenvalue weighted by Gasteiger charge is -2.63. The number of fused-ring (bicyclic) bond motifs is 9. The van der Waals surface area contributed by atoms with Crippen molar-refractivity contribution in [2.75, 3.05) is 12.6 Å². The first-order valence-corrected chi connectivity index (χ1v) is 15.1. The lowest BCUT2D eigenvalue weighted by Crippen LogP contribution is -2.70. The summed E-state index contributed by atoms with van der Waals surface area (Å²) in [6.45, 7) is 3.97. The number of nitrogens with zero attached hydrogens (tertiary/aromatic N) is 1. The number of aliphatic hydroxyl groups is 1. The quantitative estimate of drug-likeness (QED) is 0.539. The minimum atomic E-state index is -2.21. The first-order valence-electron chi connectivity index (χ1n) is 14.1. The molecule has 1 N–H and O–H groups in total. The molecule has 7 aliphatic rings. The summed E-state index contributed by atoms with van der Waals surface area (Å²) in [5.41, 5.74) is -5.97. The van der Waals surface area contributed by atoms with Crippen molar-refractivity contribution in [1.82, 2.24) is 5.06 Å². The first-order chi connectivity index (χ1) is 18.0. The van der Waals surface area contributed by atoms with Gasteiger partial charge in [0.25, 0.3) is 0 Å². The Labute approximate surface area is 225 Å². The van der Waals surface area contributed by atoms with Crippen molar-refractivity contribution in [2.45, 2.75) is 88.4 Å². The molecule has 208 valence electrons. The van der Waals surface area contributed by atoms with Gasteiger partial charge >= 0.3 is 0 Å². The monoisotopic (exact) mass is 551 g/mol. The number of thioether (sulfide) groups is 1. The van der Waals surface area contributed by atoms with Gasteiger partial charge in [0.2, 0.25) is 5.12 Å². The van der Waals surface area contributed by atoms with Crippen LogP contribution in [0, 0.1) is 40.4 Å². The molecule has 0 amide bonds. The van der Waals surface area contributed by atoms with E-state index in [1.54, 1.807) is 6.92 Å². The number of allylic oxidation sites excluding steroid dienone is 4. The predicted molar refractivity (Wildman–Crippen MR) is 136 cm³/mol. The number of hydrogen-bond donors (Lipinski definition) is 1. The fraction of sp³-hybridized carbons (Fsp3) is 0.793. The molecule has 5 nitrogen and oxygen atoms in total. The van der Waals surface area contributed by atoms with Gasteiger partial charge in [0.05, 0.1) is 6.10 Å². The van der Waals surface area contributed by atoms with Gasteiger partial charge in [-0.05, 0) is 80.9 Å². The Bertz CT molecular complexity index is 1150. The Hall–Kier alpha value is -1.16. The molecule has 12 atom stereocenters. The SMILES string of the molecule is C[C@]12C=CC(=O)C=C1[C@@H](F)C[C@H]1[C@@H]3C[C@H]4CN(C5CC6CCC5C6)O[C@@]4(C(=O)SCF)[C@@]3(C)C[C@H](O)[C@@]12F. The van der Waals surface area contributed by atoms with Gasteiger partial charge in [-0.1, -0.05) is 31.2 Å². The van der Waals surface area contributed by atoms with E-state index in [9.17, 15) is 19.1 Å². The molecule has 0 aromatic carbocycles. The number of ketones is 1. The number of aliphatic hydroxyl groups excluding tert-OH is 1. The Morgan fingerprint density at radius 3 is 2.68 bits per heavy atom. The summed E-state index contributed by atoms with van der Waals surface area (Å²) in [4.78, 5) is 32.6. The van der Waals surface area contributed by atoms with Crippen LogP contribution in [-0.2, 0) is 14.4 Å². The summed E-state index contributed by atoms with van der Waals surface area (Å²) in [5, 5.41) is 13.2. The molecule has 9 heteroatoms. The van der Waals surface area contributed by atoms with Crippen molar-refractivity contribution < 1.29 is 32.7 Å². The maximum Gasteiger partial charge on any atom is 0.226 e. The number of rotatable bonds is 3. The second kappa shape index (κ2) is 8.20. The van der Waals surface area contributed by atoms with E-state index in [2.05, 4.69) is 0 Å². The molecule has 1 saturated heterocycles. The number of carbonyl (C=O) groups excluding carboxylic acids is 2. The molecule has 3 unspecified atom stereocenters. The number of hydroxylamine groups is 2. The summed E-state index contributed by atoms with van der Waals surface area (Å²) in [6, 6.07) is -0.668. The lowest BCUT2D eigenvalue weighted by atomic mass is 9.44. The maximum absolute atomic E-state index is 17.5. The van der Waals surface area contributed by atoms with Gasteiger partial charge in [0.15, 0.2) is 17.1 Å². The van der Waals surface area contributed by atoms with E-state index in [0.717, 1.165) is 12.8 Å². The maximum atomic E-state index is 17.5. The Morgan fingerprint density at radius 1 is 1.21 bits per heavy atom. The molecule has 2 bridgehead atoms. The molecule has 7 rings (SSSR count). The number of hydrogen-bond acceptors (Lipinski definition) is 6. The van der Waals surface area contributed by atoms with Crippen LogP contribution in [0.25, 0.3) is 0 Å². The van der Waals surface area contributed by atoms with Crippen LogP contribution in [-0.4, -0.2) is 63.2 Å². The topological polar surface area (TPSA) is 66.8 Å². The Morgan fingerprint density at radius 2 is 2.00 bits per heavy atom. The van der Waals surface area contributed by atoms with Gasteiger partial charge in [-0.25, -0.2) is 13.2 Å². The Kier molecular flexibility index (Phi) is 5.56. The fourth-order valence-electron chi connectivity index (χ4n) is 10.5. The third-order valence-corrected chi connectivity index (χ3v) is 12.9. The second-order valence-electron chi connectivity index (χ2n) is 13.5. The summed E-state index contributed by atoms with van der Waals surface area (Å²) in [6.07, 6.45) is 5.65. The predicted octanol–water partition coefficient (Wildman–Crippen LogP) is 4.89. The molecule has 5 saturated carbocycles. The number of halogens is 3. The highest BCUT2D eigenvalue weighted by Gasteiger charge is 2.80. The smallest absolute Gasteiger partial charge is 0.226 e. The average Bonchev–Trinajstić information content (AvgIpc) is 3.63. The Balaban J connectivity index is 1.29. The van der Waals surface area contributed by atoms with Crippen LogP contribution in [0.1, 0.15) is 58.8 Å². The molecule has 38 heavy (non-hydrogen) atoms. The van der Waals surface area contributed by atoms with E-state index >= 15 is 8.78 Å². The van der Waals surface area contributed by atoms with Crippen molar-refractivity contribution in [3.63, 3.8) is 0 Å². The van der Waals surface area contributed by atoms with Gasteiger partial charge in [-0.3, -0.25) is 14.4 Å². The molecule has 0 aromatic rings. The second-order valence-corrected chi connectivity index (χ2v) is 14.4. The van der Waals surface area contributed by atoms with Gasteiger partial charge in [-0.15, -0.1) is 0 Å². The van der Waals surface area contributed by atoms with Gasteiger partial charge in [0, 0.05) is 35.3 Å². The molecule has 1 heterocycles. The molecule has 6 fully saturated rings. The summed E-state index contributed by atoms with van der Waals surface area (Å²) < 4.78 is 46.9. The van der Waals surface area contributed by atoms with Crippen LogP contribution < -0.4 is 0 Å². The van der Waals surface area contributed by atoms with E-state index in [1.807, 2.05) is 12.0 Å². The summed E-state index contributed by atoms with van der Waals surface area (Å²) >= 11 is 0.593. The average molecular weight is 552 g/mol. The zero-order valence-corrected chi connectivity index (χ0v) is 22.7. The highest BCUT2D eigenvalue weighted by Crippen LogP contribution is 2.73. The molecule has 6 aliphatic carbocycles. The number of alkyl halides is 3. The minimum absolute atomic E-state index is 0.0497. The van der Waals surface area contributed by atoms with Crippen molar-refractivity contribution in [3.05, 3.63) is 23.8 Å². The molecular weight excluding hydrogens is 515 g/mol. The zero-order valence-electron chi connectivity index (χ0n) is 21.9. The lowest BCUT2D eigenvalue weighted by molar-refractivity contribution is -0.275. The van der Waals surface area contributed by atoms with E-state index in [-0.39, 0.29) is 36.2 Å². The van der Waals surface area contributed by atoms with Crippen LogP contribution in [0.15, 0.2) is 23.8 Å². The van der Waals surface area contributed by atoms with Crippen LogP contribution in [0.3, 0.4) is 0 Å². The summed E-state index contributed by atoms with van der Waals surface area (Å²) in [7, 11) is 0.